The lowest BCUT2D eigenvalue weighted by Crippen LogP contribution is -2.54. The molecule has 0 spiro atoms. The predicted octanol–water partition coefficient (Wildman–Crippen LogP) is 2.45. The SMILES string of the molecule is CC1(c2cn(C3=NNC4C5CCCCC5n5c(cnc5Cl)N34)nn2)CCCO1. The van der Waals surface area contributed by atoms with Crippen LogP contribution in [0.4, 0.5) is 5.82 Å². The zero-order valence-corrected chi connectivity index (χ0v) is 16.5. The van der Waals surface area contributed by atoms with Crippen LogP contribution in [-0.4, -0.2) is 43.3 Å². The van der Waals surface area contributed by atoms with Crippen LogP contribution in [-0.2, 0) is 10.3 Å². The van der Waals surface area contributed by atoms with Gasteiger partial charge in [0.1, 0.15) is 23.3 Å². The van der Waals surface area contributed by atoms with E-state index in [1.807, 2.05) is 12.4 Å². The van der Waals surface area contributed by atoms with Gasteiger partial charge in [-0.15, -0.1) is 10.2 Å². The quantitative estimate of drug-likeness (QED) is 0.788. The van der Waals surface area contributed by atoms with Crippen LogP contribution in [0, 0.1) is 5.92 Å². The van der Waals surface area contributed by atoms with Crippen molar-refractivity contribution in [3.05, 3.63) is 23.4 Å². The van der Waals surface area contributed by atoms with Gasteiger partial charge in [0.2, 0.25) is 5.28 Å². The van der Waals surface area contributed by atoms with Gasteiger partial charge in [-0.25, -0.2) is 4.98 Å². The molecule has 3 aliphatic heterocycles. The molecule has 4 atom stereocenters. The summed E-state index contributed by atoms with van der Waals surface area (Å²) in [7, 11) is 0. The van der Waals surface area contributed by atoms with Crippen molar-refractivity contribution in [3.63, 3.8) is 0 Å². The molecule has 2 aromatic rings. The largest absolute Gasteiger partial charge is 0.369 e. The third kappa shape index (κ3) is 2.23. The molecule has 1 aliphatic carbocycles. The van der Waals surface area contributed by atoms with Crippen molar-refractivity contribution in [3.8, 4) is 0 Å². The zero-order chi connectivity index (χ0) is 18.9. The van der Waals surface area contributed by atoms with E-state index in [-0.39, 0.29) is 11.8 Å². The zero-order valence-electron chi connectivity index (χ0n) is 15.8. The summed E-state index contributed by atoms with van der Waals surface area (Å²) in [6.45, 7) is 2.84. The molecule has 0 aromatic carbocycles. The van der Waals surface area contributed by atoms with E-state index in [0.29, 0.717) is 23.2 Å². The molecule has 6 rings (SSSR count). The van der Waals surface area contributed by atoms with Crippen molar-refractivity contribution >= 4 is 23.4 Å². The average molecular weight is 403 g/mol. The van der Waals surface area contributed by atoms with E-state index in [9.17, 15) is 0 Å². The Morgan fingerprint density at radius 2 is 2.18 bits per heavy atom. The van der Waals surface area contributed by atoms with Crippen molar-refractivity contribution < 1.29 is 4.74 Å². The van der Waals surface area contributed by atoms with E-state index in [2.05, 4.69) is 42.2 Å². The highest BCUT2D eigenvalue weighted by atomic mass is 35.5. The van der Waals surface area contributed by atoms with Gasteiger partial charge in [-0.2, -0.15) is 4.68 Å². The first kappa shape index (κ1) is 16.8. The Morgan fingerprint density at radius 3 is 3.04 bits per heavy atom. The monoisotopic (exact) mass is 402 g/mol. The van der Waals surface area contributed by atoms with Gasteiger partial charge in [0.05, 0.1) is 12.4 Å². The molecule has 9 nitrogen and oxygen atoms in total. The molecule has 5 heterocycles. The molecule has 4 unspecified atom stereocenters. The standard InChI is InChI=1S/C18H23ClN8O/c1-18(7-4-8-28-18)13-10-25(24-21-13)17-23-22-15-11-5-2-3-6-12(11)26-14(27(15)17)9-20-16(26)19/h9-12,15,22H,2-8H2,1H3. The number of rotatable bonds is 1. The lowest BCUT2D eigenvalue weighted by atomic mass is 9.80. The predicted molar refractivity (Wildman–Crippen MR) is 103 cm³/mol. The highest BCUT2D eigenvalue weighted by Gasteiger charge is 2.48. The lowest BCUT2D eigenvalue weighted by Gasteiger charge is -2.45. The summed E-state index contributed by atoms with van der Waals surface area (Å²) in [6, 6.07) is 0.360. The summed E-state index contributed by atoms with van der Waals surface area (Å²) in [5.41, 5.74) is 3.83. The lowest BCUT2D eigenvalue weighted by molar-refractivity contribution is 0.0131. The summed E-state index contributed by atoms with van der Waals surface area (Å²) < 4.78 is 9.83. The summed E-state index contributed by atoms with van der Waals surface area (Å²) in [4.78, 5) is 6.56. The minimum atomic E-state index is -0.369. The first-order valence-electron chi connectivity index (χ1n) is 10.1. The number of hydrogen-bond acceptors (Lipinski definition) is 7. The molecular weight excluding hydrogens is 380 g/mol. The number of ether oxygens (including phenoxy) is 1. The highest BCUT2D eigenvalue weighted by molar-refractivity contribution is 6.28. The second-order valence-electron chi connectivity index (χ2n) is 8.36. The number of fused-ring (bicyclic) bond motifs is 6. The van der Waals surface area contributed by atoms with E-state index in [4.69, 9.17) is 16.3 Å². The van der Waals surface area contributed by atoms with E-state index >= 15 is 0 Å². The van der Waals surface area contributed by atoms with E-state index in [1.165, 1.54) is 12.8 Å². The van der Waals surface area contributed by atoms with Crippen molar-refractivity contribution in [1.29, 1.82) is 0 Å². The van der Waals surface area contributed by atoms with Gasteiger partial charge in [0.25, 0.3) is 5.96 Å². The normalized spacial score (nSPS) is 33.9. The Kier molecular flexibility index (Phi) is 3.56. The Morgan fingerprint density at radius 1 is 1.29 bits per heavy atom. The first-order chi connectivity index (χ1) is 13.7. The third-order valence-electron chi connectivity index (χ3n) is 6.75. The average Bonchev–Trinajstić information content (AvgIpc) is 3.47. The van der Waals surface area contributed by atoms with Crippen LogP contribution in [0.25, 0.3) is 0 Å². The number of hydrazone groups is 1. The molecule has 0 bridgehead atoms. The van der Waals surface area contributed by atoms with Crippen LogP contribution in [0.5, 0.6) is 0 Å². The molecule has 1 saturated heterocycles. The number of nitrogens with one attached hydrogen (secondary N) is 1. The third-order valence-corrected chi connectivity index (χ3v) is 7.03. The van der Waals surface area contributed by atoms with Crippen LogP contribution in [0.15, 0.2) is 17.5 Å². The molecule has 2 fully saturated rings. The summed E-state index contributed by atoms with van der Waals surface area (Å²) in [6.07, 6.45) is 10.6. The van der Waals surface area contributed by atoms with Gasteiger partial charge in [-0.05, 0) is 44.2 Å². The Labute approximate surface area is 167 Å². The fourth-order valence-corrected chi connectivity index (χ4v) is 5.54. The number of halogens is 1. The number of imidazole rings is 1. The molecule has 28 heavy (non-hydrogen) atoms. The van der Waals surface area contributed by atoms with Gasteiger partial charge in [-0.1, -0.05) is 18.1 Å². The van der Waals surface area contributed by atoms with E-state index in [1.54, 1.807) is 4.68 Å². The van der Waals surface area contributed by atoms with Crippen LogP contribution >= 0.6 is 11.6 Å². The second kappa shape index (κ2) is 5.93. The van der Waals surface area contributed by atoms with Crippen LogP contribution < -0.4 is 10.3 Å². The van der Waals surface area contributed by atoms with Gasteiger partial charge >= 0.3 is 0 Å². The summed E-state index contributed by atoms with van der Waals surface area (Å²) >= 11 is 6.48. The number of anilines is 1. The highest BCUT2D eigenvalue weighted by Crippen LogP contribution is 2.46. The minimum Gasteiger partial charge on any atom is -0.369 e. The van der Waals surface area contributed by atoms with E-state index < -0.39 is 0 Å². The summed E-state index contributed by atoms with van der Waals surface area (Å²) in [5.74, 6) is 2.09. The van der Waals surface area contributed by atoms with Crippen LogP contribution in [0.3, 0.4) is 0 Å². The number of aromatic nitrogens is 5. The van der Waals surface area contributed by atoms with Crippen LogP contribution in [0.1, 0.15) is 57.2 Å². The smallest absolute Gasteiger partial charge is 0.252 e. The molecular formula is C18H23ClN8O. The van der Waals surface area contributed by atoms with Crippen molar-refractivity contribution in [1.82, 2.24) is 30.0 Å². The maximum Gasteiger partial charge on any atom is 0.252 e. The molecule has 148 valence electrons. The number of nitrogens with zero attached hydrogens (tertiary/aromatic N) is 7. The van der Waals surface area contributed by atoms with Gasteiger partial charge in [-0.3, -0.25) is 14.9 Å². The van der Waals surface area contributed by atoms with Gasteiger partial charge < -0.3 is 4.74 Å². The Bertz CT molecular complexity index is 945. The molecule has 4 aliphatic rings. The Balaban J connectivity index is 1.40. The van der Waals surface area contributed by atoms with Gasteiger partial charge in [0, 0.05) is 18.6 Å². The summed E-state index contributed by atoms with van der Waals surface area (Å²) in [5, 5.41) is 14.0. The van der Waals surface area contributed by atoms with Gasteiger partial charge in [0.15, 0.2) is 0 Å². The maximum absolute atomic E-state index is 6.48. The second-order valence-corrected chi connectivity index (χ2v) is 8.70. The maximum atomic E-state index is 6.48. The van der Waals surface area contributed by atoms with Crippen molar-refractivity contribution in [2.75, 3.05) is 11.5 Å². The van der Waals surface area contributed by atoms with Crippen molar-refractivity contribution in [2.45, 2.75) is 63.3 Å². The molecule has 1 N–H and O–H groups in total. The van der Waals surface area contributed by atoms with E-state index in [0.717, 1.165) is 43.8 Å². The topological polar surface area (TPSA) is 85.4 Å². The molecule has 0 radical (unpaired) electrons. The van der Waals surface area contributed by atoms with Crippen molar-refractivity contribution in [2.24, 2.45) is 11.0 Å². The molecule has 1 saturated carbocycles. The number of hydrogen-bond donors (Lipinski definition) is 1. The minimum absolute atomic E-state index is 0.0894. The molecule has 10 heteroatoms. The molecule has 0 amide bonds. The Hall–Kier alpha value is -2.13. The van der Waals surface area contributed by atoms with Crippen LogP contribution in [0.2, 0.25) is 5.28 Å². The molecule has 2 aromatic heterocycles. The fourth-order valence-electron chi connectivity index (χ4n) is 5.28. The first-order valence-corrected chi connectivity index (χ1v) is 10.5. The fraction of sp³-hybridized carbons (Fsp3) is 0.667.